The molecule has 1 aliphatic heterocycles. The number of rotatable bonds is 4. The SMILES string of the molecule is CN(Cc1ccccc1)C(=O)NC1CCN(c2ccccn2)CC1. The van der Waals surface area contributed by atoms with Crippen molar-refractivity contribution in [2.75, 3.05) is 25.0 Å². The van der Waals surface area contributed by atoms with Crippen LogP contribution in [0.2, 0.25) is 0 Å². The number of carbonyl (C=O) groups is 1. The first kappa shape index (κ1) is 16.3. The normalized spacial score (nSPS) is 15.1. The summed E-state index contributed by atoms with van der Waals surface area (Å²) in [5, 5.41) is 3.15. The average Bonchev–Trinajstić information content (AvgIpc) is 2.64. The van der Waals surface area contributed by atoms with Crippen LogP contribution in [-0.2, 0) is 6.54 Å². The number of carbonyl (C=O) groups excluding carboxylic acids is 1. The smallest absolute Gasteiger partial charge is 0.317 e. The van der Waals surface area contributed by atoms with Gasteiger partial charge < -0.3 is 15.1 Å². The Balaban J connectivity index is 1.46. The van der Waals surface area contributed by atoms with Gasteiger partial charge in [-0.3, -0.25) is 0 Å². The number of benzene rings is 1. The van der Waals surface area contributed by atoms with E-state index in [-0.39, 0.29) is 12.1 Å². The molecule has 0 atom stereocenters. The molecule has 24 heavy (non-hydrogen) atoms. The van der Waals surface area contributed by atoms with E-state index in [1.54, 1.807) is 4.90 Å². The van der Waals surface area contributed by atoms with E-state index in [4.69, 9.17) is 0 Å². The lowest BCUT2D eigenvalue weighted by molar-refractivity contribution is 0.200. The van der Waals surface area contributed by atoms with Crippen molar-refractivity contribution in [3.05, 3.63) is 60.3 Å². The van der Waals surface area contributed by atoms with Crippen molar-refractivity contribution in [3.63, 3.8) is 0 Å². The van der Waals surface area contributed by atoms with E-state index < -0.39 is 0 Å². The van der Waals surface area contributed by atoms with Crippen molar-refractivity contribution >= 4 is 11.8 Å². The van der Waals surface area contributed by atoms with E-state index in [1.165, 1.54) is 0 Å². The van der Waals surface area contributed by atoms with Gasteiger partial charge in [0.05, 0.1) is 0 Å². The third-order valence-electron chi connectivity index (χ3n) is 4.41. The third-order valence-corrected chi connectivity index (χ3v) is 4.41. The second-order valence-corrected chi connectivity index (χ2v) is 6.24. The number of piperidine rings is 1. The number of amides is 2. The third kappa shape index (κ3) is 4.25. The highest BCUT2D eigenvalue weighted by Gasteiger charge is 2.22. The Morgan fingerprint density at radius 2 is 1.88 bits per heavy atom. The van der Waals surface area contributed by atoms with E-state index >= 15 is 0 Å². The Morgan fingerprint density at radius 1 is 1.17 bits per heavy atom. The average molecular weight is 324 g/mol. The van der Waals surface area contributed by atoms with Crippen LogP contribution in [-0.4, -0.2) is 42.1 Å². The Hall–Kier alpha value is -2.56. The van der Waals surface area contributed by atoms with Crippen LogP contribution in [0.3, 0.4) is 0 Å². The van der Waals surface area contributed by atoms with Crippen molar-refractivity contribution in [3.8, 4) is 0 Å². The van der Waals surface area contributed by atoms with Gasteiger partial charge in [0, 0.05) is 38.9 Å². The van der Waals surface area contributed by atoms with Crippen LogP contribution in [0.25, 0.3) is 0 Å². The first-order valence-corrected chi connectivity index (χ1v) is 8.44. The summed E-state index contributed by atoms with van der Waals surface area (Å²) in [6.07, 6.45) is 3.71. The number of nitrogens with zero attached hydrogens (tertiary/aromatic N) is 3. The number of aromatic nitrogens is 1. The zero-order chi connectivity index (χ0) is 16.8. The van der Waals surface area contributed by atoms with E-state index in [2.05, 4.69) is 15.2 Å². The number of hydrogen-bond acceptors (Lipinski definition) is 3. The maximum Gasteiger partial charge on any atom is 0.317 e. The Morgan fingerprint density at radius 3 is 2.54 bits per heavy atom. The molecule has 0 bridgehead atoms. The van der Waals surface area contributed by atoms with Gasteiger partial charge in [-0.2, -0.15) is 0 Å². The standard InChI is InChI=1S/C19H24N4O/c1-22(15-16-7-3-2-4-8-16)19(24)21-17-10-13-23(14-11-17)18-9-5-6-12-20-18/h2-9,12,17H,10-11,13-15H2,1H3,(H,21,24). The summed E-state index contributed by atoms with van der Waals surface area (Å²) in [7, 11) is 1.84. The van der Waals surface area contributed by atoms with Crippen molar-refractivity contribution in [2.24, 2.45) is 0 Å². The minimum absolute atomic E-state index is 0.00450. The molecule has 0 unspecified atom stereocenters. The number of urea groups is 1. The van der Waals surface area contributed by atoms with Gasteiger partial charge in [0.15, 0.2) is 0 Å². The van der Waals surface area contributed by atoms with E-state index in [0.29, 0.717) is 6.54 Å². The number of pyridine rings is 1. The first-order chi connectivity index (χ1) is 11.7. The lowest BCUT2D eigenvalue weighted by atomic mass is 10.1. The molecule has 0 radical (unpaired) electrons. The molecular weight excluding hydrogens is 300 g/mol. The summed E-state index contributed by atoms with van der Waals surface area (Å²) in [5.74, 6) is 1.02. The fraction of sp³-hybridized carbons (Fsp3) is 0.368. The molecule has 2 aromatic rings. The zero-order valence-corrected chi connectivity index (χ0v) is 14.1. The minimum Gasteiger partial charge on any atom is -0.356 e. The maximum absolute atomic E-state index is 12.4. The van der Waals surface area contributed by atoms with Crippen LogP contribution >= 0.6 is 0 Å². The molecule has 0 aliphatic carbocycles. The van der Waals surface area contributed by atoms with Crippen molar-refractivity contribution in [1.29, 1.82) is 0 Å². The molecule has 0 spiro atoms. The molecule has 1 N–H and O–H groups in total. The lowest BCUT2D eigenvalue weighted by Gasteiger charge is -2.34. The predicted molar refractivity (Wildman–Crippen MR) is 95.9 cm³/mol. The van der Waals surface area contributed by atoms with Gasteiger partial charge in [0.25, 0.3) is 0 Å². The Labute approximate surface area is 143 Å². The molecule has 2 amide bonds. The highest BCUT2D eigenvalue weighted by Crippen LogP contribution is 2.17. The van der Waals surface area contributed by atoms with Gasteiger partial charge in [-0.1, -0.05) is 36.4 Å². The fourth-order valence-electron chi connectivity index (χ4n) is 3.01. The largest absolute Gasteiger partial charge is 0.356 e. The second-order valence-electron chi connectivity index (χ2n) is 6.24. The second kappa shape index (κ2) is 7.81. The highest BCUT2D eigenvalue weighted by atomic mass is 16.2. The van der Waals surface area contributed by atoms with E-state index in [9.17, 15) is 4.79 Å². The molecule has 1 aliphatic rings. The highest BCUT2D eigenvalue weighted by molar-refractivity contribution is 5.74. The Bertz CT molecular complexity index is 639. The van der Waals surface area contributed by atoms with Crippen molar-refractivity contribution in [1.82, 2.24) is 15.2 Å². The quantitative estimate of drug-likeness (QED) is 0.941. The fourth-order valence-corrected chi connectivity index (χ4v) is 3.01. The molecule has 5 nitrogen and oxygen atoms in total. The summed E-state index contributed by atoms with van der Waals surface area (Å²) < 4.78 is 0. The van der Waals surface area contributed by atoms with Crippen molar-refractivity contribution in [2.45, 2.75) is 25.4 Å². The van der Waals surface area contributed by atoms with E-state index in [0.717, 1.165) is 37.3 Å². The van der Waals surface area contributed by atoms with Gasteiger partial charge in [-0.25, -0.2) is 9.78 Å². The molecular formula is C19H24N4O. The summed E-state index contributed by atoms with van der Waals surface area (Å²) in [5.41, 5.74) is 1.14. The summed E-state index contributed by atoms with van der Waals surface area (Å²) in [4.78, 5) is 20.8. The van der Waals surface area contributed by atoms with Gasteiger partial charge >= 0.3 is 6.03 Å². The monoisotopic (exact) mass is 324 g/mol. The first-order valence-electron chi connectivity index (χ1n) is 8.44. The molecule has 2 heterocycles. The van der Waals surface area contributed by atoms with Crippen LogP contribution < -0.4 is 10.2 Å². The molecule has 1 aromatic heterocycles. The number of anilines is 1. The number of nitrogens with one attached hydrogen (secondary N) is 1. The van der Waals surface area contributed by atoms with Gasteiger partial charge in [0.2, 0.25) is 0 Å². The molecule has 0 saturated carbocycles. The van der Waals surface area contributed by atoms with E-state index in [1.807, 2.05) is 61.8 Å². The van der Waals surface area contributed by atoms with Crippen LogP contribution in [0.1, 0.15) is 18.4 Å². The maximum atomic E-state index is 12.4. The minimum atomic E-state index is -0.00450. The summed E-state index contributed by atoms with van der Waals surface area (Å²) >= 11 is 0. The van der Waals surface area contributed by atoms with Crippen LogP contribution in [0.4, 0.5) is 10.6 Å². The summed E-state index contributed by atoms with van der Waals surface area (Å²) in [6.45, 7) is 2.47. The van der Waals surface area contributed by atoms with Gasteiger partial charge in [-0.05, 0) is 30.5 Å². The van der Waals surface area contributed by atoms with Crippen LogP contribution in [0.5, 0.6) is 0 Å². The molecule has 1 aromatic carbocycles. The number of hydrogen-bond donors (Lipinski definition) is 1. The predicted octanol–water partition coefficient (Wildman–Crippen LogP) is 2.89. The van der Waals surface area contributed by atoms with Gasteiger partial charge in [-0.15, -0.1) is 0 Å². The molecule has 1 fully saturated rings. The topological polar surface area (TPSA) is 48.5 Å². The lowest BCUT2D eigenvalue weighted by Crippen LogP contribution is -2.48. The molecule has 5 heteroatoms. The molecule has 3 rings (SSSR count). The molecule has 1 saturated heterocycles. The van der Waals surface area contributed by atoms with Crippen LogP contribution in [0.15, 0.2) is 54.7 Å². The van der Waals surface area contributed by atoms with Gasteiger partial charge in [0.1, 0.15) is 5.82 Å². The van der Waals surface area contributed by atoms with Crippen LogP contribution in [0, 0.1) is 0 Å². The van der Waals surface area contributed by atoms with Crippen molar-refractivity contribution < 1.29 is 4.79 Å². The molecule has 126 valence electrons. The Kier molecular flexibility index (Phi) is 5.31. The zero-order valence-electron chi connectivity index (χ0n) is 14.1. The summed E-state index contributed by atoms with van der Waals surface area (Å²) in [6, 6.07) is 16.2.